The molecule has 0 unspecified atom stereocenters. The molecule has 0 atom stereocenters. The number of aryl methyl sites for hydroxylation is 1. The van der Waals surface area contributed by atoms with Gasteiger partial charge in [-0.2, -0.15) is 5.10 Å². The molecule has 0 amide bonds. The van der Waals surface area contributed by atoms with Crippen molar-refractivity contribution in [2.24, 2.45) is 7.05 Å². The highest BCUT2D eigenvalue weighted by molar-refractivity contribution is 6.29. The number of nitrogens with zero attached hydrogens (tertiary/aromatic N) is 4. The highest BCUT2D eigenvalue weighted by Gasteiger charge is 2.14. The first-order valence-electron chi connectivity index (χ1n) is 7.32. The van der Waals surface area contributed by atoms with Gasteiger partial charge in [0.2, 0.25) is 0 Å². The number of benzene rings is 1. The normalized spacial score (nSPS) is 11.1. The van der Waals surface area contributed by atoms with Crippen LogP contribution in [0.2, 0.25) is 5.15 Å². The molecule has 0 aliphatic heterocycles. The van der Waals surface area contributed by atoms with E-state index < -0.39 is 0 Å². The quantitative estimate of drug-likeness (QED) is 0.506. The Bertz CT molecular complexity index is 1040. The Morgan fingerprint density at radius 1 is 1.04 bits per heavy atom. The van der Waals surface area contributed by atoms with Crippen molar-refractivity contribution in [1.29, 1.82) is 0 Å². The number of halogens is 2. The first-order chi connectivity index (χ1) is 11.6. The zero-order valence-electron chi connectivity index (χ0n) is 12.7. The van der Waals surface area contributed by atoms with Crippen molar-refractivity contribution in [3.63, 3.8) is 0 Å². The van der Waals surface area contributed by atoms with E-state index in [1.165, 1.54) is 12.1 Å². The molecular weight excluding hydrogens is 327 g/mol. The average Bonchev–Trinajstić information content (AvgIpc) is 2.93. The number of hydrogen-bond donors (Lipinski definition) is 0. The number of pyridine rings is 2. The summed E-state index contributed by atoms with van der Waals surface area (Å²) < 4.78 is 15.0. The zero-order valence-corrected chi connectivity index (χ0v) is 13.5. The molecule has 0 radical (unpaired) electrons. The Morgan fingerprint density at radius 3 is 2.58 bits per heavy atom. The third kappa shape index (κ3) is 2.63. The van der Waals surface area contributed by atoms with Crippen LogP contribution >= 0.6 is 11.6 Å². The van der Waals surface area contributed by atoms with E-state index in [0.29, 0.717) is 10.8 Å². The number of aromatic nitrogens is 4. The standard InChI is InChI=1S/C18H12ClFN4/c1-24-10-13-8-15(12-6-7-21-16(19)9-12)17(22-18(13)23-24)11-2-4-14(20)5-3-11/h2-10H,1H3. The van der Waals surface area contributed by atoms with Gasteiger partial charge >= 0.3 is 0 Å². The van der Waals surface area contributed by atoms with Crippen LogP contribution in [0.25, 0.3) is 33.4 Å². The van der Waals surface area contributed by atoms with Crippen LogP contribution in [-0.4, -0.2) is 19.7 Å². The summed E-state index contributed by atoms with van der Waals surface area (Å²) >= 11 is 6.04. The fraction of sp³-hybridized carbons (Fsp3) is 0.0556. The van der Waals surface area contributed by atoms with Gasteiger partial charge in [-0.05, 0) is 48.0 Å². The molecule has 6 heteroatoms. The lowest BCUT2D eigenvalue weighted by molar-refractivity contribution is 0.628. The highest BCUT2D eigenvalue weighted by Crippen LogP contribution is 2.33. The van der Waals surface area contributed by atoms with E-state index in [-0.39, 0.29) is 5.82 Å². The topological polar surface area (TPSA) is 43.6 Å². The van der Waals surface area contributed by atoms with Crippen LogP contribution in [-0.2, 0) is 7.05 Å². The number of fused-ring (bicyclic) bond motifs is 1. The molecule has 0 fully saturated rings. The van der Waals surface area contributed by atoms with Gasteiger partial charge in [0.25, 0.3) is 0 Å². The largest absolute Gasteiger partial charge is 0.273 e. The zero-order chi connectivity index (χ0) is 16.7. The number of hydrogen-bond acceptors (Lipinski definition) is 3. The van der Waals surface area contributed by atoms with Gasteiger partial charge in [0.15, 0.2) is 5.65 Å². The minimum Gasteiger partial charge on any atom is -0.273 e. The van der Waals surface area contributed by atoms with Gasteiger partial charge in [-0.25, -0.2) is 14.4 Å². The molecule has 0 bridgehead atoms. The first-order valence-corrected chi connectivity index (χ1v) is 7.70. The second kappa shape index (κ2) is 5.69. The van der Waals surface area contributed by atoms with Crippen LogP contribution in [0.3, 0.4) is 0 Å². The van der Waals surface area contributed by atoms with Crippen molar-refractivity contribution in [2.75, 3.05) is 0 Å². The molecule has 3 heterocycles. The van der Waals surface area contributed by atoms with E-state index in [4.69, 9.17) is 11.6 Å². The number of rotatable bonds is 2. The van der Waals surface area contributed by atoms with Crippen LogP contribution in [0, 0.1) is 5.82 Å². The van der Waals surface area contributed by atoms with Gasteiger partial charge in [-0.3, -0.25) is 4.68 Å². The lowest BCUT2D eigenvalue weighted by atomic mass is 9.99. The van der Waals surface area contributed by atoms with Gasteiger partial charge in [-0.15, -0.1) is 0 Å². The summed E-state index contributed by atoms with van der Waals surface area (Å²) in [6.45, 7) is 0. The van der Waals surface area contributed by atoms with Crippen molar-refractivity contribution in [3.05, 3.63) is 65.8 Å². The van der Waals surface area contributed by atoms with E-state index in [1.807, 2.05) is 25.4 Å². The molecule has 0 aliphatic carbocycles. The van der Waals surface area contributed by atoms with E-state index >= 15 is 0 Å². The first kappa shape index (κ1) is 14.8. The van der Waals surface area contributed by atoms with Gasteiger partial charge in [-0.1, -0.05) is 11.6 Å². The lowest BCUT2D eigenvalue weighted by Crippen LogP contribution is -1.92. The van der Waals surface area contributed by atoms with Crippen LogP contribution in [0.5, 0.6) is 0 Å². The average molecular weight is 339 g/mol. The maximum absolute atomic E-state index is 13.3. The summed E-state index contributed by atoms with van der Waals surface area (Å²) in [6, 6.07) is 11.9. The van der Waals surface area contributed by atoms with Crippen LogP contribution < -0.4 is 0 Å². The van der Waals surface area contributed by atoms with E-state index in [1.54, 1.807) is 29.1 Å². The lowest BCUT2D eigenvalue weighted by Gasteiger charge is -2.10. The fourth-order valence-corrected chi connectivity index (χ4v) is 2.87. The van der Waals surface area contributed by atoms with Gasteiger partial charge in [0.05, 0.1) is 5.69 Å². The molecule has 1 aromatic carbocycles. The Labute approximate surface area is 142 Å². The summed E-state index contributed by atoms with van der Waals surface area (Å²) in [5, 5.41) is 5.69. The Morgan fingerprint density at radius 2 is 1.83 bits per heavy atom. The summed E-state index contributed by atoms with van der Waals surface area (Å²) in [5.41, 5.74) is 3.97. The minimum atomic E-state index is -0.286. The SMILES string of the molecule is Cn1cc2cc(-c3ccnc(Cl)c3)c(-c3ccc(F)cc3)nc2n1. The molecule has 4 aromatic rings. The van der Waals surface area contributed by atoms with Crippen molar-refractivity contribution in [2.45, 2.75) is 0 Å². The van der Waals surface area contributed by atoms with Crippen LogP contribution in [0.15, 0.2) is 54.9 Å². The molecular formula is C18H12ClFN4. The van der Waals surface area contributed by atoms with Crippen molar-refractivity contribution in [1.82, 2.24) is 19.7 Å². The summed E-state index contributed by atoms with van der Waals surface area (Å²) in [4.78, 5) is 8.71. The molecule has 0 aliphatic rings. The highest BCUT2D eigenvalue weighted by atomic mass is 35.5. The Balaban J connectivity index is 2.01. The van der Waals surface area contributed by atoms with Crippen LogP contribution in [0.1, 0.15) is 0 Å². The van der Waals surface area contributed by atoms with Crippen molar-refractivity contribution in [3.8, 4) is 22.4 Å². The fourth-order valence-electron chi connectivity index (χ4n) is 2.69. The molecule has 4 nitrogen and oxygen atoms in total. The molecule has 4 rings (SSSR count). The smallest absolute Gasteiger partial charge is 0.181 e. The van der Waals surface area contributed by atoms with Gasteiger partial charge in [0, 0.05) is 36.0 Å². The summed E-state index contributed by atoms with van der Waals surface area (Å²) in [7, 11) is 1.85. The summed E-state index contributed by atoms with van der Waals surface area (Å²) in [5.74, 6) is -0.286. The second-order valence-electron chi connectivity index (χ2n) is 5.47. The molecule has 0 saturated carbocycles. The van der Waals surface area contributed by atoms with E-state index in [9.17, 15) is 4.39 Å². The Hall–Kier alpha value is -2.79. The second-order valence-corrected chi connectivity index (χ2v) is 5.86. The van der Waals surface area contributed by atoms with E-state index in [2.05, 4.69) is 15.1 Å². The minimum absolute atomic E-state index is 0.286. The molecule has 24 heavy (non-hydrogen) atoms. The van der Waals surface area contributed by atoms with Crippen LogP contribution in [0.4, 0.5) is 4.39 Å². The van der Waals surface area contributed by atoms with Gasteiger partial charge in [0.1, 0.15) is 11.0 Å². The molecule has 0 spiro atoms. The maximum Gasteiger partial charge on any atom is 0.181 e. The van der Waals surface area contributed by atoms with Crippen molar-refractivity contribution >= 4 is 22.6 Å². The molecule has 118 valence electrons. The molecule has 3 aromatic heterocycles. The van der Waals surface area contributed by atoms with Gasteiger partial charge < -0.3 is 0 Å². The van der Waals surface area contributed by atoms with Crippen molar-refractivity contribution < 1.29 is 4.39 Å². The predicted octanol–water partition coefficient (Wildman–Crippen LogP) is 4.49. The summed E-state index contributed by atoms with van der Waals surface area (Å²) in [6.07, 6.45) is 3.56. The van der Waals surface area contributed by atoms with E-state index in [0.717, 1.165) is 27.8 Å². The maximum atomic E-state index is 13.3. The third-order valence-corrected chi connectivity index (χ3v) is 3.97. The molecule has 0 N–H and O–H groups in total. The predicted molar refractivity (Wildman–Crippen MR) is 92.1 cm³/mol. The Kier molecular flexibility index (Phi) is 3.50. The monoisotopic (exact) mass is 338 g/mol. The molecule has 0 saturated heterocycles. The third-order valence-electron chi connectivity index (χ3n) is 3.76.